The standard InChI is InChI=1S/C19H19BrN4OS/c1-2-25-18-8-6-16(7-9-18)22-19(26)23-17-5-3-4-14(10-17)12-24-13-15(20)11-21-24/h3-11,13H,2,12H2,1H3,(H2,22,23,26). The summed E-state index contributed by atoms with van der Waals surface area (Å²) in [5.41, 5.74) is 2.97. The Morgan fingerprint density at radius 3 is 2.62 bits per heavy atom. The minimum absolute atomic E-state index is 0.535. The van der Waals surface area contributed by atoms with Crippen LogP contribution in [0, 0.1) is 0 Å². The zero-order valence-corrected chi connectivity index (χ0v) is 16.7. The summed E-state index contributed by atoms with van der Waals surface area (Å²) >= 11 is 8.81. The van der Waals surface area contributed by atoms with Crippen molar-refractivity contribution in [2.75, 3.05) is 17.2 Å². The smallest absolute Gasteiger partial charge is 0.175 e. The molecule has 0 aliphatic rings. The average Bonchev–Trinajstić information content (AvgIpc) is 3.02. The molecule has 0 radical (unpaired) electrons. The van der Waals surface area contributed by atoms with Crippen LogP contribution in [0.4, 0.5) is 11.4 Å². The molecule has 5 nitrogen and oxygen atoms in total. The van der Waals surface area contributed by atoms with Crippen LogP contribution in [0.3, 0.4) is 0 Å². The predicted molar refractivity (Wildman–Crippen MR) is 113 cm³/mol. The molecule has 2 N–H and O–H groups in total. The van der Waals surface area contributed by atoms with Crippen molar-refractivity contribution in [3.05, 3.63) is 71.0 Å². The summed E-state index contributed by atoms with van der Waals surface area (Å²) in [4.78, 5) is 0. The number of nitrogens with one attached hydrogen (secondary N) is 2. The van der Waals surface area contributed by atoms with Crippen molar-refractivity contribution in [2.45, 2.75) is 13.5 Å². The van der Waals surface area contributed by atoms with Gasteiger partial charge in [0, 0.05) is 17.6 Å². The van der Waals surface area contributed by atoms with Gasteiger partial charge in [-0.25, -0.2) is 0 Å². The highest BCUT2D eigenvalue weighted by Crippen LogP contribution is 2.17. The van der Waals surface area contributed by atoms with Gasteiger partial charge in [0.1, 0.15) is 5.75 Å². The van der Waals surface area contributed by atoms with Crippen molar-refractivity contribution in [1.82, 2.24) is 9.78 Å². The maximum atomic E-state index is 5.44. The van der Waals surface area contributed by atoms with Crippen LogP contribution in [-0.4, -0.2) is 21.5 Å². The molecule has 1 heterocycles. The Morgan fingerprint density at radius 1 is 1.15 bits per heavy atom. The Kier molecular flexibility index (Phi) is 6.25. The lowest BCUT2D eigenvalue weighted by atomic mass is 10.2. The van der Waals surface area contributed by atoms with Gasteiger partial charge in [-0.05, 0) is 77.0 Å². The van der Waals surface area contributed by atoms with E-state index in [4.69, 9.17) is 17.0 Å². The third kappa shape index (κ3) is 5.31. The number of hydrogen-bond donors (Lipinski definition) is 2. The van der Waals surface area contributed by atoms with Crippen LogP contribution >= 0.6 is 28.1 Å². The Bertz CT molecular complexity index is 879. The maximum absolute atomic E-state index is 5.44. The number of hydrogen-bond acceptors (Lipinski definition) is 3. The van der Waals surface area contributed by atoms with E-state index in [9.17, 15) is 0 Å². The van der Waals surface area contributed by atoms with Crippen LogP contribution in [0.1, 0.15) is 12.5 Å². The third-order valence-electron chi connectivity index (χ3n) is 3.55. The highest BCUT2D eigenvalue weighted by molar-refractivity contribution is 9.10. The monoisotopic (exact) mass is 430 g/mol. The predicted octanol–water partition coefficient (Wildman–Crippen LogP) is 4.90. The molecule has 0 aliphatic carbocycles. The second-order valence-electron chi connectivity index (χ2n) is 5.59. The second-order valence-corrected chi connectivity index (χ2v) is 6.92. The first-order valence-corrected chi connectivity index (χ1v) is 9.40. The number of nitrogens with zero attached hydrogens (tertiary/aromatic N) is 2. The van der Waals surface area contributed by atoms with Gasteiger partial charge in [-0.15, -0.1) is 0 Å². The van der Waals surface area contributed by atoms with Crippen molar-refractivity contribution in [3.63, 3.8) is 0 Å². The topological polar surface area (TPSA) is 51.1 Å². The number of halogens is 1. The lowest BCUT2D eigenvalue weighted by molar-refractivity contribution is 0.340. The number of thiocarbonyl (C=S) groups is 1. The molecule has 0 amide bonds. The van der Waals surface area contributed by atoms with E-state index in [0.29, 0.717) is 18.3 Å². The van der Waals surface area contributed by atoms with E-state index in [0.717, 1.165) is 27.2 Å². The molecule has 0 spiro atoms. The number of rotatable bonds is 6. The lowest BCUT2D eigenvalue weighted by Crippen LogP contribution is -2.19. The summed E-state index contributed by atoms with van der Waals surface area (Å²) in [6.07, 6.45) is 3.72. The number of anilines is 2. The van der Waals surface area contributed by atoms with Crippen molar-refractivity contribution in [2.24, 2.45) is 0 Å². The molecule has 0 bridgehead atoms. The van der Waals surface area contributed by atoms with Crippen molar-refractivity contribution in [1.29, 1.82) is 0 Å². The molecule has 26 heavy (non-hydrogen) atoms. The molecule has 0 saturated heterocycles. The van der Waals surface area contributed by atoms with E-state index < -0.39 is 0 Å². The number of ether oxygens (including phenoxy) is 1. The summed E-state index contributed by atoms with van der Waals surface area (Å²) in [5, 5.41) is 11.2. The van der Waals surface area contributed by atoms with Crippen LogP contribution in [0.15, 0.2) is 65.4 Å². The van der Waals surface area contributed by atoms with Crippen molar-refractivity contribution < 1.29 is 4.74 Å². The lowest BCUT2D eigenvalue weighted by Gasteiger charge is -2.12. The molecule has 1 aromatic heterocycles. The van der Waals surface area contributed by atoms with E-state index in [-0.39, 0.29) is 0 Å². The molecule has 3 aromatic rings. The van der Waals surface area contributed by atoms with Crippen LogP contribution < -0.4 is 15.4 Å². The summed E-state index contributed by atoms with van der Waals surface area (Å²) < 4.78 is 8.28. The summed E-state index contributed by atoms with van der Waals surface area (Å²) in [6, 6.07) is 15.8. The van der Waals surface area contributed by atoms with E-state index >= 15 is 0 Å². The van der Waals surface area contributed by atoms with Gasteiger partial charge in [0.15, 0.2) is 5.11 Å². The Balaban J connectivity index is 1.59. The van der Waals surface area contributed by atoms with E-state index in [1.165, 1.54) is 0 Å². The second kappa shape index (κ2) is 8.82. The quantitative estimate of drug-likeness (QED) is 0.544. The highest BCUT2D eigenvalue weighted by atomic mass is 79.9. The summed E-state index contributed by atoms with van der Waals surface area (Å²) in [7, 11) is 0. The first-order valence-electron chi connectivity index (χ1n) is 8.20. The van der Waals surface area contributed by atoms with Gasteiger partial charge in [0.2, 0.25) is 0 Å². The van der Waals surface area contributed by atoms with Gasteiger partial charge in [-0.1, -0.05) is 12.1 Å². The molecule has 0 fully saturated rings. The molecule has 7 heteroatoms. The van der Waals surface area contributed by atoms with Crippen LogP contribution in [0.2, 0.25) is 0 Å². The first-order chi connectivity index (χ1) is 12.6. The molecular weight excluding hydrogens is 412 g/mol. The SMILES string of the molecule is CCOc1ccc(NC(=S)Nc2cccc(Cn3cc(Br)cn3)c2)cc1. The summed E-state index contributed by atoms with van der Waals surface area (Å²) in [6.45, 7) is 3.31. The first kappa shape index (κ1) is 18.4. The fraction of sp³-hybridized carbons (Fsp3) is 0.158. The van der Waals surface area contributed by atoms with Crippen LogP contribution in [0.25, 0.3) is 0 Å². The highest BCUT2D eigenvalue weighted by Gasteiger charge is 2.03. The van der Waals surface area contributed by atoms with E-state index in [1.807, 2.05) is 54.2 Å². The normalized spacial score (nSPS) is 10.4. The van der Waals surface area contributed by atoms with E-state index in [2.05, 4.69) is 43.8 Å². The number of benzene rings is 2. The van der Waals surface area contributed by atoms with Gasteiger partial charge in [0.25, 0.3) is 0 Å². The van der Waals surface area contributed by atoms with Gasteiger partial charge in [-0.3, -0.25) is 4.68 Å². The molecule has 0 saturated carbocycles. The molecular formula is C19H19BrN4OS. The summed E-state index contributed by atoms with van der Waals surface area (Å²) in [5.74, 6) is 0.842. The third-order valence-corrected chi connectivity index (χ3v) is 4.17. The van der Waals surface area contributed by atoms with Gasteiger partial charge in [0.05, 0.1) is 23.8 Å². The number of aromatic nitrogens is 2. The van der Waals surface area contributed by atoms with Crippen molar-refractivity contribution in [3.8, 4) is 5.75 Å². The molecule has 0 atom stereocenters. The molecule has 3 rings (SSSR count). The minimum Gasteiger partial charge on any atom is -0.494 e. The van der Waals surface area contributed by atoms with Crippen molar-refractivity contribution >= 4 is 44.6 Å². The fourth-order valence-electron chi connectivity index (χ4n) is 2.45. The largest absolute Gasteiger partial charge is 0.494 e. The molecule has 134 valence electrons. The zero-order valence-electron chi connectivity index (χ0n) is 14.3. The fourth-order valence-corrected chi connectivity index (χ4v) is 3.02. The van der Waals surface area contributed by atoms with E-state index in [1.54, 1.807) is 6.20 Å². The molecule has 0 aliphatic heterocycles. The van der Waals surface area contributed by atoms with Gasteiger partial charge < -0.3 is 15.4 Å². The Morgan fingerprint density at radius 2 is 1.92 bits per heavy atom. The van der Waals surface area contributed by atoms with Crippen LogP contribution in [-0.2, 0) is 6.54 Å². The minimum atomic E-state index is 0.535. The van der Waals surface area contributed by atoms with Gasteiger partial charge in [-0.2, -0.15) is 5.10 Å². The Hall–Kier alpha value is -2.38. The van der Waals surface area contributed by atoms with Crippen LogP contribution in [0.5, 0.6) is 5.75 Å². The average molecular weight is 431 g/mol. The van der Waals surface area contributed by atoms with Gasteiger partial charge >= 0.3 is 0 Å². The maximum Gasteiger partial charge on any atom is 0.175 e. The Labute approximate surface area is 166 Å². The zero-order chi connectivity index (χ0) is 18.4. The molecule has 2 aromatic carbocycles. The molecule has 0 unspecified atom stereocenters.